The van der Waals surface area contributed by atoms with Gasteiger partial charge in [0.25, 0.3) is 0 Å². The number of hydrogen-bond acceptors (Lipinski definition) is 4. The summed E-state index contributed by atoms with van der Waals surface area (Å²) in [5.41, 5.74) is 2.21. The molecule has 1 aromatic rings. The molecule has 2 rings (SSSR count). The Kier molecular flexibility index (Phi) is 6.68. The second-order valence-electron chi connectivity index (χ2n) is 6.11. The predicted octanol–water partition coefficient (Wildman–Crippen LogP) is 2.54. The predicted molar refractivity (Wildman–Crippen MR) is 90.6 cm³/mol. The summed E-state index contributed by atoms with van der Waals surface area (Å²) in [6.45, 7) is 11.7. The van der Waals surface area contributed by atoms with Gasteiger partial charge in [0.05, 0.1) is 12.7 Å². The third kappa shape index (κ3) is 4.45. The molecule has 0 spiro atoms. The second kappa shape index (κ2) is 8.51. The number of β-amino-alcohol motifs (C(OH)–C–C–N with tert-alkyl or cyclic N) is 1. The van der Waals surface area contributed by atoms with E-state index in [1.807, 2.05) is 13.0 Å². The van der Waals surface area contributed by atoms with Gasteiger partial charge in [0.1, 0.15) is 5.75 Å². The van der Waals surface area contributed by atoms with Gasteiger partial charge in [-0.25, -0.2) is 0 Å². The van der Waals surface area contributed by atoms with Crippen LogP contribution in [-0.2, 0) is 0 Å². The topological polar surface area (TPSA) is 44.7 Å². The lowest BCUT2D eigenvalue weighted by Crippen LogP contribution is -2.45. The van der Waals surface area contributed by atoms with Crippen molar-refractivity contribution in [2.24, 2.45) is 0 Å². The van der Waals surface area contributed by atoms with Gasteiger partial charge in [-0.15, -0.1) is 0 Å². The highest BCUT2D eigenvalue weighted by atomic mass is 16.5. The highest BCUT2D eigenvalue weighted by Gasteiger charge is 2.20. The van der Waals surface area contributed by atoms with E-state index in [0.29, 0.717) is 19.1 Å². The minimum Gasteiger partial charge on any atom is -0.493 e. The van der Waals surface area contributed by atoms with E-state index in [2.05, 4.69) is 36.2 Å². The molecular weight excluding hydrogens is 276 g/mol. The molecule has 0 bridgehead atoms. The summed E-state index contributed by atoms with van der Waals surface area (Å²) >= 11 is 0. The fraction of sp³-hybridized carbons (Fsp3) is 0.667. The van der Waals surface area contributed by atoms with Gasteiger partial charge in [-0.05, 0) is 37.0 Å². The monoisotopic (exact) mass is 306 g/mol. The summed E-state index contributed by atoms with van der Waals surface area (Å²) in [5.74, 6) is 1.32. The Labute approximate surface area is 134 Å². The fourth-order valence-electron chi connectivity index (χ4n) is 2.89. The Morgan fingerprint density at radius 1 is 1.27 bits per heavy atom. The molecule has 2 N–H and O–H groups in total. The number of rotatable bonds is 7. The number of aliphatic hydroxyl groups is 1. The van der Waals surface area contributed by atoms with E-state index in [0.717, 1.165) is 43.9 Å². The lowest BCUT2D eigenvalue weighted by atomic mass is 9.94. The molecule has 2 atom stereocenters. The number of piperazine rings is 1. The first-order valence-electron chi connectivity index (χ1n) is 8.53. The third-order valence-electron chi connectivity index (χ3n) is 4.51. The zero-order valence-corrected chi connectivity index (χ0v) is 14.1. The Hall–Kier alpha value is -1.10. The number of hydrogen-bond donors (Lipinski definition) is 2. The van der Waals surface area contributed by atoms with Crippen LogP contribution in [-0.4, -0.2) is 49.3 Å². The molecule has 1 fully saturated rings. The molecule has 0 aromatic heterocycles. The van der Waals surface area contributed by atoms with Crippen LogP contribution in [0.4, 0.5) is 0 Å². The van der Waals surface area contributed by atoms with Crippen molar-refractivity contribution in [3.8, 4) is 5.75 Å². The highest BCUT2D eigenvalue weighted by molar-refractivity contribution is 5.40. The Morgan fingerprint density at radius 3 is 2.64 bits per heavy atom. The number of benzene rings is 1. The maximum absolute atomic E-state index is 10.7. The van der Waals surface area contributed by atoms with E-state index in [1.165, 1.54) is 5.56 Å². The number of aliphatic hydroxyl groups excluding tert-OH is 1. The molecule has 0 amide bonds. The van der Waals surface area contributed by atoms with E-state index in [9.17, 15) is 5.11 Å². The fourth-order valence-corrected chi connectivity index (χ4v) is 2.89. The second-order valence-corrected chi connectivity index (χ2v) is 6.11. The van der Waals surface area contributed by atoms with Gasteiger partial charge < -0.3 is 15.2 Å². The first-order valence-corrected chi connectivity index (χ1v) is 8.53. The Balaban J connectivity index is 2.16. The van der Waals surface area contributed by atoms with Crippen molar-refractivity contribution in [1.29, 1.82) is 0 Å². The standard InChI is InChI=1S/C18H30N2O2/c1-4-14(3)15-6-7-18(22-5-2)16(12-15)17(21)13-20-10-8-19-9-11-20/h6-7,12,14,17,19,21H,4-5,8-11,13H2,1-3H3. The molecular formula is C18H30N2O2. The van der Waals surface area contributed by atoms with Crippen molar-refractivity contribution in [2.75, 3.05) is 39.3 Å². The quantitative estimate of drug-likeness (QED) is 0.812. The number of ether oxygens (including phenoxy) is 1. The van der Waals surface area contributed by atoms with Crippen LogP contribution in [0.2, 0.25) is 0 Å². The van der Waals surface area contributed by atoms with Gasteiger partial charge in [-0.2, -0.15) is 0 Å². The molecule has 4 heteroatoms. The molecule has 4 nitrogen and oxygen atoms in total. The molecule has 0 aliphatic carbocycles. The maximum Gasteiger partial charge on any atom is 0.125 e. The third-order valence-corrected chi connectivity index (χ3v) is 4.51. The van der Waals surface area contributed by atoms with Crippen molar-refractivity contribution < 1.29 is 9.84 Å². The molecule has 22 heavy (non-hydrogen) atoms. The Bertz CT molecular complexity index is 458. The van der Waals surface area contributed by atoms with Gasteiger partial charge in [0.15, 0.2) is 0 Å². The van der Waals surface area contributed by atoms with E-state index in [-0.39, 0.29) is 0 Å². The summed E-state index contributed by atoms with van der Waals surface area (Å²) in [6.07, 6.45) is 0.602. The minimum absolute atomic E-state index is 0.497. The van der Waals surface area contributed by atoms with Crippen molar-refractivity contribution in [1.82, 2.24) is 10.2 Å². The van der Waals surface area contributed by atoms with Crippen LogP contribution in [0.5, 0.6) is 5.75 Å². The smallest absolute Gasteiger partial charge is 0.125 e. The van der Waals surface area contributed by atoms with E-state index >= 15 is 0 Å². The highest BCUT2D eigenvalue weighted by Crippen LogP contribution is 2.31. The van der Waals surface area contributed by atoms with Crippen LogP contribution >= 0.6 is 0 Å². The van der Waals surface area contributed by atoms with Crippen molar-refractivity contribution >= 4 is 0 Å². The first kappa shape index (κ1) is 17.3. The zero-order chi connectivity index (χ0) is 15.9. The molecule has 0 radical (unpaired) electrons. The summed E-state index contributed by atoms with van der Waals surface area (Å²) in [4.78, 5) is 2.31. The maximum atomic E-state index is 10.7. The number of nitrogens with one attached hydrogen (secondary N) is 1. The molecule has 1 aliphatic heterocycles. The van der Waals surface area contributed by atoms with E-state index in [4.69, 9.17) is 4.74 Å². The van der Waals surface area contributed by atoms with Crippen LogP contribution in [0.15, 0.2) is 18.2 Å². The van der Waals surface area contributed by atoms with Crippen LogP contribution in [0, 0.1) is 0 Å². The minimum atomic E-state index is -0.497. The van der Waals surface area contributed by atoms with Crippen molar-refractivity contribution in [3.05, 3.63) is 29.3 Å². The average Bonchev–Trinajstić information content (AvgIpc) is 2.55. The van der Waals surface area contributed by atoms with E-state index < -0.39 is 6.10 Å². The average molecular weight is 306 g/mol. The van der Waals surface area contributed by atoms with Crippen LogP contribution in [0.1, 0.15) is 50.3 Å². The van der Waals surface area contributed by atoms with Gasteiger partial charge in [-0.3, -0.25) is 4.90 Å². The normalized spacial score (nSPS) is 18.9. The van der Waals surface area contributed by atoms with Crippen molar-refractivity contribution in [2.45, 2.75) is 39.2 Å². The summed E-state index contributed by atoms with van der Waals surface area (Å²) in [5, 5.41) is 14.1. The lowest BCUT2D eigenvalue weighted by molar-refractivity contribution is 0.103. The molecule has 124 valence electrons. The summed E-state index contributed by atoms with van der Waals surface area (Å²) < 4.78 is 5.72. The van der Waals surface area contributed by atoms with E-state index in [1.54, 1.807) is 0 Å². The molecule has 2 unspecified atom stereocenters. The molecule has 1 saturated heterocycles. The molecule has 1 heterocycles. The largest absolute Gasteiger partial charge is 0.493 e. The molecule has 1 aromatic carbocycles. The SMILES string of the molecule is CCOc1ccc(C(C)CC)cc1C(O)CN1CCNCC1. The summed E-state index contributed by atoms with van der Waals surface area (Å²) in [6, 6.07) is 6.27. The molecule has 0 saturated carbocycles. The van der Waals surface area contributed by atoms with Gasteiger partial charge in [-0.1, -0.05) is 19.9 Å². The lowest BCUT2D eigenvalue weighted by Gasteiger charge is -2.30. The van der Waals surface area contributed by atoms with Crippen LogP contribution in [0.25, 0.3) is 0 Å². The Morgan fingerprint density at radius 2 is 2.00 bits per heavy atom. The van der Waals surface area contributed by atoms with Gasteiger partial charge in [0.2, 0.25) is 0 Å². The number of nitrogens with zero attached hydrogens (tertiary/aromatic N) is 1. The van der Waals surface area contributed by atoms with Gasteiger partial charge >= 0.3 is 0 Å². The van der Waals surface area contributed by atoms with Crippen LogP contribution in [0.3, 0.4) is 0 Å². The summed E-state index contributed by atoms with van der Waals surface area (Å²) in [7, 11) is 0. The molecule has 1 aliphatic rings. The van der Waals surface area contributed by atoms with Crippen LogP contribution < -0.4 is 10.1 Å². The first-order chi connectivity index (χ1) is 10.7. The van der Waals surface area contributed by atoms with Crippen molar-refractivity contribution in [3.63, 3.8) is 0 Å². The zero-order valence-electron chi connectivity index (χ0n) is 14.1. The van der Waals surface area contributed by atoms with Gasteiger partial charge in [0, 0.05) is 38.3 Å².